The molecule has 0 saturated carbocycles. The van der Waals surface area contributed by atoms with Gasteiger partial charge in [-0.3, -0.25) is 0 Å². The molecule has 0 heterocycles. The molecule has 0 spiro atoms. The highest BCUT2D eigenvalue weighted by molar-refractivity contribution is 5.25. The molecule has 1 nitrogen and oxygen atoms in total. The molecule has 1 atom stereocenters. The van der Waals surface area contributed by atoms with Crippen molar-refractivity contribution in [2.45, 2.75) is 44.6 Å². The molecule has 1 aromatic carbocycles. The van der Waals surface area contributed by atoms with Crippen molar-refractivity contribution in [3.05, 3.63) is 47.3 Å². The van der Waals surface area contributed by atoms with E-state index in [2.05, 4.69) is 6.08 Å². The Balaban J connectivity index is 2.17. The van der Waals surface area contributed by atoms with Crippen LogP contribution < -0.4 is 0 Å². The molecule has 0 aromatic heterocycles. The quantitative estimate of drug-likeness (QED) is 0.792. The van der Waals surface area contributed by atoms with E-state index in [1.54, 1.807) is 19.1 Å². The SMILES string of the molecule is CC(O)(Cc1ccccc1F)C1=CCCCC1. The van der Waals surface area contributed by atoms with Gasteiger partial charge in [-0.15, -0.1) is 0 Å². The van der Waals surface area contributed by atoms with E-state index in [4.69, 9.17) is 0 Å². The zero-order chi connectivity index (χ0) is 12.3. The average molecular weight is 234 g/mol. The molecule has 0 fully saturated rings. The van der Waals surface area contributed by atoms with E-state index >= 15 is 0 Å². The van der Waals surface area contributed by atoms with Crippen LogP contribution in [0, 0.1) is 5.82 Å². The predicted molar refractivity (Wildman–Crippen MR) is 67.3 cm³/mol. The summed E-state index contributed by atoms with van der Waals surface area (Å²) in [7, 11) is 0. The Bertz CT molecular complexity index is 421. The first kappa shape index (κ1) is 12.3. The van der Waals surface area contributed by atoms with Gasteiger partial charge in [0.25, 0.3) is 0 Å². The zero-order valence-electron chi connectivity index (χ0n) is 10.2. The molecule has 1 aliphatic carbocycles. The first-order valence-electron chi connectivity index (χ1n) is 6.25. The van der Waals surface area contributed by atoms with Crippen molar-refractivity contribution in [3.63, 3.8) is 0 Å². The van der Waals surface area contributed by atoms with E-state index in [0.29, 0.717) is 12.0 Å². The van der Waals surface area contributed by atoms with Crippen molar-refractivity contribution in [2.24, 2.45) is 0 Å². The van der Waals surface area contributed by atoms with Crippen molar-refractivity contribution >= 4 is 0 Å². The highest BCUT2D eigenvalue weighted by Crippen LogP contribution is 2.30. The molecule has 0 radical (unpaired) electrons. The molecule has 1 aliphatic rings. The van der Waals surface area contributed by atoms with E-state index in [1.165, 1.54) is 12.5 Å². The summed E-state index contributed by atoms with van der Waals surface area (Å²) in [6, 6.07) is 6.67. The summed E-state index contributed by atoms with van der Waals surface area (Å²) in [4.78, 5) is 0. The van der Waals surface area contributed by atoms with Crippen LogP contribution in [-0.4, -0.2) is 10.7 Å². The number of benzene rings is 1. The van der Waals surface area contributed by atoms with E-state index in [9.17, 15) is 9.50 Å². The van der Waals surface area contributed by atoms with Gasteiger partial charge in [-0.05, 0) is 49.8 Å². The smallest absolute Gasteiger partial charge is 0.126 e. The number of aliphatic hydroxyl groups is 1. The third-order valence-corrected chi connectivity index (χ3v) is 3.48. The number of allylic oxidation sites excluding steroid dienone is 1. The van der Waals surface area contributed by atoms with Crippen molar-refractivity contribution < 1.29 is 9.50 Å². The standard InChI is InChI=1S/C15H19FO/c1-15(17,13-8-3-2-4-9-13)11-12-7-5-6-10-14(12)16/h5-8,10,17H,2-4,9,11H2,1H3. The van der Waals surface area contributed by atoms with Crippen LogP contribution in [0.1, 0.15) is 38.2 Å². The zero-order valence-corrected chi connectivity index (χ0v) is 10.2. The van der Waals surface area contributed by atoms with E-state index in [0.717, 1.165) is 24.8 Å². The first-order valence-corrected chi connectivity index (χ1v) is 6.25. The molecule has 1 N–H and O–H groups in total. The topological polar surface area (TPSA) is 20.2 Å². The van der Waals surface area contributed by atoms with Crippen LogP contribution >= 0.6 is 0 Å². The Kier molecular flexibility index (Phi) is 3.63. The van der Waals surface area contributed by atoms with E-state index < -0.39 is 5.60 Å². The maximum atomic E-state index is 13.6. The Hall–Kier alpha value is -1.15. The molecule has 1 aromatic rings. The fourth-order valence-corrected chi connectivity index (χ4v) is 2.45. The van der Waals surface area contributed by atoms with Crippen molar-refractivity contribution in [2.75, 3.05) is 0 Å². The lowest BCUT2D eigenvalue weighted by Gasteiger charge is -2.29. The number of halogens is 1. The Morgan fingerprint density at radius 1 is 1.29 bits per heavy atom. The van der Waals surface area contributed by atoms with Gasteiger partial charge in [0.2, 0.25) is 0 Å². The third-order valence-electron chi connectivity index (χ3n) is 3.48. The normalized spacial score (nSPS) is 19.6. The maximum Gasteiger partial charge on any atom is 0.126 e. The second kappa shape index (κ2) is 5.01. The van der Waals surface area contributed by atoms with Gasteiger partial charge in [0.15, 0.2) is 0 Å². The molecule has 2 rings (SSSR count). The minimum absolute atomic E-state index is 0.232. The Morgan fingerprint density at radius 2 is 2.06 bits per heavy atom. The molecule has 17 heavy (non-hydrogen) atoms. The van der Waals surface area contributed by atoms with Gasteiger partial charge in [-0.1, -0.05) is 24.3 Å². The molecule has 92 valence electrons. The summed E-state index contributed by atoms with van der Waals surface area (Å²) >= 11 is 0. The Labute approximate surface area is 102 Å². The van der Waals surface area contributed by atoms with Gasteiger partial charge in [0.1, 0.15) is 5.82 Å². The van der Waals surface area contributed by atoms with Crippen LogP contribution in [0.25, 0.3) is 0 Å². The van der Waals surface area contributed by atoms with Crippen LogP contribution in [0.2, 0.25) is 0 Å². The van der Waals surface area contributed by atoms with Crippen molar-refractivity contribution in [3.8, 4) is 0 Å². The number of hydrogen-bond acceptors (Lipinski definition) is 1. The fraction of sp³-hybridized carbons (Fsp3) is 0.467. The molecule has 0 saturated heterocycles. The Morgan fingerprint density at radius 3 is 2.71 bits per heavy atom. The average Bonchev–Trinajstić information content (AvgIpc) is 2.33. The fourth-order valence-electron chi connectivity index (χ4n) is 2.45. The summed E-state index contributed by atoms with van der Waals surface area (Å²) in [5, 5.41) is 10.5. The summed E-state index contributed by atoms with van der Waals surface area (Å²) in [6.07, 6.45) is 6.75. The van der Waals surface area contributed by atoms with Crippen molar-refractivity contribution in [1.82, 2.24) is 0 Å². The van der Waals surface area contributed by atoms with Gasteiger partial charge in [0, 0.05) is 6.42 Å². The largest absolute Gasteiger partial charge is 0.385 e. The molecular weight excluding hydrogens is 215 g/mol. The maximum absolute atomic E-state index is 13.6. The second-order valence-corrected chi connectivity index (χ2v) is 5.02. The van der Waals surface area contributed by atoms with Crippen LogP contribution in [0.3, 0.4) is 0 Å². The highest BCUT2D eigenvalue weighted by atomic mass is 19.1. The first-order chi connectivity index (χ1) is 8.09. The summed E-state index contributed by atoms with van der Waals surface area (Å²) in [5.41, 5.74) is 0.735. The molecular formula is C15H19FO. The number of hydrogen-bond donors (Lipinski definition) is 1. The van der Waals surface area contributed by atoms with Gasteiger partial charge >= 0.3 is 0 Å². The predicted octanol–water partition coefficient (Wildman–Crippen LogP) is 3.62. The summed E-state index contributed by atoms with van der Waals surface area (Å²) in [5.74, 6) is -0.232. The molecule has 0 aliphatic heterocycles. The molecule has 0 amide bonds. The van der Waals surface area contributed by atoms with E-state index in [-0.39, 0.29) is 5.82 Å². The van der Waals surface area contributed by atoms with Crippen LogP contribution in [0.15, 0.2) is 35.9 Å². The minimum atomic E-state index is -0.914. The van der Waals surface area contributed by atoms with Crippen LogP contribution in [-0.2, 0) is 6.42 Å². The van der Waals surface area contributed by atoms with Crippen molar-refractivity contribution in [1.29, 1.82) is 0 Å². The lowest BCUT2D eigenvalue weighted by molar-refractivity contribution is 0.0923. The van der Waals surface area contributed by atoms with Crippen LogP contribution in [0.4, 0.5) is 4.39 Å². The third kappa shape index (κ3) is 2.95. The monoisotopic (exact) mass is 234 g/mol. The highest BCUT2D eigenvalue weighted by Gasteiger charge is 2.27. The summed E-state index contributed by atoms with van der Waals surface area (Å²) in [6.45, 7) is 1.79. The van der Waals surface area contributed by atoms with Gasteiger partial charge < -0.3 is 5.11 Å². The summed E-state index contributed by atoms with van der Waals surface area (Å²) < 4.78 is 13.6. The van der Waals surface area contributed by atoms with Gasteiger partial charge in [-0.2, -0.15) is 0 Å². The van der Waals surface area contributed by atoms with Gasteiger partial charge in [0.05, 0.1) is 5.60 Å². The molecule has 0 bridgehead atoms. The molecule has 2 heteroatoms. The second-order valence-electron chi connectivity index (χ2n) is 5.02. The lowest BCUT2D eigenvalue weighted by atomic mass is 9.83. The lowest BCUT2D eigenvalue weighted by Crippen LogP contribution is -2.31. The van der Waals surface area contributed by atoms with Gasteiger partial charge in [-0.25, -0.2) is 4.39 Å². The number of rotatable bonds is 3. The van der Waals surface area contributed by atoms with Crippen LogP contribution in [0.5, 0.6) is 0 Å². The molecule has 1 unspecified atom stereocenters. The minimum Gasteiger partial charge on any atom is -0.385 e. The van der Waals surface area contributed by atoms with E-state index in [1.807, 2.05) is 6.07 Å².